The van der Waals surface area contributed by atoms with Gasteiger partial charge in [-0.25, -0.2) is 4.98 Å². The number of aliphatic carboxylic acids is 1. The largest absolute Gasteiger partial charge is 0.481 e. The maximum Gasteiger partial charge on any atom is 0.303 e. The molecule has 5 heteroatoms. The number of nitrogens with zero attached hydrogens (tertiary/aromatic N) is 1. The Bertz CT molecular complexity index is 336. The zero-order valence-corrected chi connectivity index (χ0v) is 9.69. The average Bonchev–Trinajstić information content (AvgIpc) is 2.63. The Morgan fingerprint density at radius 1 is 1.62 bits per heavy atom. The van der Waals surface area contributed by atoms with E-state index in [0.29, 0.717) is 12.3 Å². The predicted molar refractivity (Wildman–Crippen MR) is 59.1 cm³/mol. The lowest BCUT2D eigenvalue weighted by molar-refractivity contribution is -0.137. The smallest absolute Gasteiger partial charge is 0.303 e. The molecule has 5 nitrogen and oxygen atoms in total. The maximum absolute atomic E-state index is 10.3. The van der Waals surface area contributed by atoms with Gasteiger partial charge in [0.15, 0.2) is 0 Å². The normalized spacial score (nSPS) is 12.6. The van der Waals surface area contributed by atoms with Crippen molar-refractivity contribution < 1.29 is 14.3 Å². The number of aromatic nitrogens is 1. The molecule has 0 aliphatic rings. The molecule has 0 aromatic carbocycles. The van der Waals surface area contributed by atoms with E-state index in [1.807, 2.05) is 13.8 Å². The molecule has 2 N–H and O–H groups in total. The number of carbonyl (C=O) groups is 1. The Kier molecular flexibility index (Phi) is 4.98. The van der Waals surface area contributed by atoms with Crippen molar-refractivity contribution in [2.75, 3.05) is 6.54 Å². The van der Waals surface area contributed by atoms with Crippen molar-refractivity contribution in [1.82, 2.24) is 10.3 Å². The summed E-state index contributed by atoms with van der Waals surface area (Å²) in [5.74, 6) is 0.738. The summed E-state index contributed by atoms with van der Waals surface area (Å²) in [5.41, 5.74) is 0. The van der Waals surface area contributed by atoms with Gasteiger partial charge in [-0.15, -0.1) is 0 Å². The highest BCUT2D eigenvalue weighted by atomic mass is 16.4. The van der Waals surface area contributed by atoms with Crippen LogP contribution in [0.15, 0.2) is 10.6 Å². The molecule has 0 radical (unpaired) electrons. The van der Waals surface area contributed by atoms with Crippen molar-refractivity contribution in [1.29, 1.82) is 0 Å². The van der Waals surface area contributed by atoms with E-state index in [1.54, 1.807) is 6.20 Å². The predicted octanol–water partition coefficient (Wildman–Crippen LogP) is 1.89. The summed E-state index contributed by atoms with van der Waals surface area (Å²) in [7, 11) is 0. The van der Waals surface area contributed by atoms with Gasteiger partial charge in [-0.2, -0.15) is 0 Å². The fourth-order valence-electron chi connectivity index (χ4n) is 1.38. The van der Waals surface area contributed by atoms with Gasteiger partial charge in [-0.05, 0) is 33.2 Å². The van der Waals surface area contributed by atoms with Crippen molar-refractivity contribution in [3.05, 3.63) is 17.8 Å². The lowest BCUT2D eigenvalue weighted by Gasteiger charge is -2.09. The van der Waals surface area contributed by atoms with E-state index in [2.05, 4.69) is 10.3 Å². The number of rotatable bonds is 7. The van der Waals surface area contributed by atoms with E-state index < -0.39 is 5.97 Å². The molecule has 1 unspecified atom stereocenters. The molecular weight excluding hydrogens is 208 g/mol. The van der Waals surface area contributed by atoms with Gasteiger partial charge < -0.3 is 14.8 Å². The summed E-state index contributed by atoms with van der Waals surface area (Å²) in [5, 5.41) is 11.7. The van der Waals surface area contributed by atoms with Gasteiger partial charge in [0.1, 0.15) is 5.76 Å². The topological polar surface area (TPSA) is 75.4 Å². The maximum atomic E-state index is 10.3. The fraction of sp³-hybridized carbons (Fsp3) is 0.636. The number of carboxylic acids is 1. The first kappa shape index (κ1) is 12.7. The number of nitrogens with one attached hydrogen (secondary N) is 1. The van der Waals surface area contributed by atoms with E-state index in [0.717, 1.165) is 18.7 Å². The zero-order valence-electron chi connectivity index (χ0n) is 9.69. The molecule has 1 atom stereocenters. The van der Waals surface area contributed by atoms with Crippen LogP contribution in [-0.2, 0) is 4.79 Å². The Balaban J connectivity index is 2.15. The molecule has 1 rings (SSSR count). The van der Waals surface area contributed by atoms with Crippen LogP contribution >= 0.6 is 0 Å². The molecule has 1 aromatic heterocycles. The SMILES string of the molecule is Cc1cnc(C(C)NCCCCC(=O)O)o1. The quantitative estimate of drug-likeness (QED) is 0.694. The second kappa shape index (κ2) is 6.27. The molecule has 0 aliphatic heterocycles. The average molecular weight is 226 g/mol. The van der Waals surface area contributed by atoms with Crippen LogP contribution in [-0.4, -0.2) is 22.6 Å². The minimum Gasteiger partial charge on any atom is -0.481 e. The van der Waals surface area contributed by atoms with Crippen LogP contribution in [0.3, 0.4) is 0 Å². The third kappa shape index (κ3) is 4.44. The highest BCUT2D eigenvalue weighted by Gasteiger charge is 2.09. The van der Waals surface area contributed by atoms with E-state index >= 15 is 0 Å². The molecule has 16 heavy (non-hydrogen) atoms. The highest BCUT2D eigenvalue weighted by Crippen LogP contribution is 2.11. The fourth-order valence-corrected chi connectivity index (χ4v) is 1.38. The molecule has 0 aliphatic carbocycles. The van der Waals surface area contributed by atoms with Crippen molar-refractivity contribution >= 4 is 5.97 Å². The van der Waals surface area contributed by atoms with Crippen LogP contribution in [0.5, 0.6) is 0 Å². The Morgan fingerprint density at radius 3 is 2.94 bits per heavy atom. The lowest BCUT2D eigenvalue weighted by Crippen LogP contribution is -2.20. The zero-order chi connectivity index (χ0) is 12.0. The number of carboxylic acid groups (broad SMARTS) is 1. The third-order valence-electron chi connectivity index (χ3n) is 2.28. The summed E-state index contributed by atoms with van der Waals surface area (Å²) >= 11 is 0. The van der Waals surface area contributed by atoms with Gasteiger partial charge in [-0.1, -0.05) is 0 Å². The van der Waals surface area contributed by atoms with Crippen LogP contribution in [0, 0.1) is 6.92 Å². The van der Waals surface area contributed by atoms with E-state index in [9.17, 15) is 4.79 Å². The van der Waals surface area contributed by atoms with Gasteiger partial charge >= 0.3 is 5.97 Å². The number of hydrogen-bond donors (Lipinski definition) is 2. The van der Waals surface area contributed by atoms with E-state index in [-0.39, 0.29) is 12.5 Å². The molecule has 90 valence electrons. The number of aryl methyl sites for hydroxylation is 1. The second-order valence-corrected chi connectivity index (χ2v) is 3.84. The van der Waals surface area contributed by atoms with Gasteiger partial charge in [0.2, 0.25) is 5.89 Å². The number of oxazole rings is 1. The van der Waals surface area contributed by atoms with Gasteiger partial charge in [0.05, 0.1) is 12.2 Å². The van der Waals surface area contributed by atoms with Crippen LogP contribution < -0.4 is 5.32 Å². The molecule has 0 spiro atoms. The van der Waals surface area contributed by atoms with Gasteiger partial charge in [-0.3, -0.25) is 4.79 Å². The Hall–Kier alpha value is -1.36. The van der Waals surface area contributed by atoms with Gasteiger partial charge in [0.25, 0.3) is 0 Å². The summed E-state index contributed by atoms with van der Waals surface area (Å²) in [6, 6.07) is 0.0681. The lowest BCUT2D eigenvalue weighted by atomic mass is 10.2. The van der Waals surface area contributed by atoms with E-state index in [4.69, 9.17) is 9.52 Å². The minimum atomic E-state index is -0.739. The first-order valence-corrected chi connectivity index (χ1v) is 5.47. The van der Waals surface area contributed by atoms with Crippen LogP contribution in [0.2, 0.25) is 0 Å². The standard InChI is InChI=1S/C11H18N2O3/c1-8-7-13-11(16-8)9(2)12-6-4-3-5-10(14)15/h7,9,12H,3-6H2,1-2H3,(H,14,15). The third-order valence-corrected chi connectivity index (χ3v) is 2.28. The van der Waals surface area contributed by atoms with Crippen LogP contribution in [0.4, 0.5) is 0 Å². The molecule has 0 bridgehead atoms. The van der Waals surface area contributed by atoms with Crippen LogP contribution in [0.25, 0.3) is 0 Å². The molecule has 0 amide bonds. The molecule has 0 saturated heterocycles. The molecule has 0 saturated carbocycles. The molecule has 1 heterocycles. The second-order valence-electron chi connectivity index (χ2n) is 3.84. The van der Waals surface area contributed by atoms with Crippen molar-refractivity contribution in [3.63, 3.8) is 0 Å². The summed E-state index contributed by atoms with van der Waals surface area (Å²) in [4.78, 5) is 14.4. The highest BCUT2D eigenvalue weighted by molar-refractivity contribution is 5.66. The number of unbranched alkanes of at least 4 members (excludes halogenated alkanes) is 1. The minimum absolute atomic E-state index is 0.0681. The van der Waals surface area contributed by atoms with Crippen molar-refractivity contribution in [2.45, 2.75) is 39.2 Å². The molecule has 1 aromatic rings. The first-order valence-electron chi connectivity index (χ1n) is 5.47. The van der Waals surface area contributed by atoms with Crippen LogP contribution in [0.1, 0.15) is 43.9 Å². The molecule has 0 fully saturated rings. The monoisotopic (exact) mass is 226 g/mol. The summed E-state index contributed by atoms with van der Waals surface area (Å²) in [6.07, 6.45) is 3.46. The van der Waals surface area contributed by atoms with Crippen molar-refractivity contribution in [3.8, 4) is 0 Å². The Labute approximate surface area is 94.9 Å². The summed E-state index contributed by atoms with van der Waals surface area (Å²) in [6.45, 7) is 4.61. The van der Waals surface area contributed by atoms with Gasteiger partial charge in [0, 0.05) is 6.42 Å². The Morgan fingerprint density at radius 2 is 2.38 bits per heavy atom. The summed E-state index contributed by atoms with van der Waals surface area (Å²) < 4.78 is 5.37. The molecular formula is C11H18N2O3. The first-order chi connectivity index (χ1) is 7.59. The number of hydrogen-bond acceptors (Lipinski definition) is 4. The van der Waals surface area contributed by atoms with E-state index in [1.165, 1.54) is 0 Å². The van der Waals surface area contributed by atoms with Crippen molar-refractivity contribution in [2.24, 2.45) is 0 Å².